The summed E-state index contributed by atoms with van der Waals surface area (Å²) in [7, 11) is 0. The van der Waals surface area contributed by atoms with Crippen molar-refractivity contribution in [2.45, 2.75) is 0 Å². The molecule has 0 unspecified atom stereocenters. The molecule has 608 valence electrons. The van der Waals surface area contributed by atoms with Gasteiger partial charge in [-0.2, -0.15) is 0 Å². The Hall–Kier alpha value is -17.5. The van der Waals surface area contributed by atoms with Gasteiger partial charge in [-0.25, -0.2) is 0 Å². The number of benzene rings is 19. The SMILES string of the molecule is c1ccc(-c2ccc(-c3ccc(-n4c5ccc(-c6ccc7c(c6)c6ccccc6n7-c6ccccc6)cc5c5cc(-c6ccc7c(c6)c6ccccc6n7-c6ccccc6)ccc54)cc3)o2)cc1.c1ccc(-c2ccc(-n3c4ccc(-c5ccc6c(c5)c5ccccc5n6-c5ccccc5)cc4c4cc(-c5ccc6c(c5)c5ccccc5n6-c5ccccc5)ccc43)o2)cc1. The van der Waals surface area contributed by atoms with E-state index in [9.17, 15) is 0 Å². The summed E-state index contributed by atoms with van der Waals surface area (Å²) >= 11 is 0. The number of furan rings is 2. The van der Waals surface area contributed by atoms with Crippen LogP contribution in [0.15, 0.2) is 482 Å². The highest BCUT2D eigenvalue weighted by Crippen LogP contribution is 2.46. The van der Waals surface area contributed by atoms with E-state index >= 15 is 0 Å². The van der Waals surface area contributed by atoms with E-state index in [0.29, 0.717) is 0 Å². The molecule has 0 aliphatic heterocycles. The van der Waals surface area contributed by atoms with Gasteiger partial charge in [-0.1, -0.05) is 255 Å². The first-order chi connectivity index (χ1) is 64.5. The normalized spacial score (nSPS) is 11.8. The number of hydrogen-bond donors (Lipinski definition) is 0. The van der Waals surface area contributed by atoms with Crippen LogP contribution in [0.3, 0.4) is 0 Å². The lowest BCUT2D eigenvalue weighted by Gasteiger charge is -2.10. The second-order valence-electron chi connectivity index (χ2n) is 33.9. The van der Waals surface area contributed by atoms with Crippen molar-refractivity contribution in [1.82, 2.24) is 27.4 Å². The minimum absolute atomic E-state index is 0.787. The molecule has 0 amide bonds. The molecule has 0 N–H and O–H groups in total. The van der Waals surface area contributed by atoms with Gasteiger partial charge in [0.2, 0.25) is 5.88 Å². The Morgan fingerprint density at radius 3 is 0.569 bits per heavy atom. The molecule has 0 aliphatic rings. The third-order valence-corrected chi connectivity index (χ3v) is 26.6. The van der Waals surface area contributed by atoms with Crippen LogP contribution in [0.2, 0.25) is 0 Å². The highest BCUT2D eigenvalue weighted by atomic mass is 16.4. The molecule has 8 nitrogen and oxygen atoms in total. The lowest BCUT2D eigenvalue weighted by Crippen LogP contribution is -1.94. The third-order valence-electron chi connectivity index (χ3n) is 26.6. The molecule has 8 heterocycles. The quantitative estimate of drug-likeness (QED) is 0.116. The predicted octanol–water partition coefficient (Wildman–Crippen LogP) is 32.8. The average Bonchev–Trinajstić information content (AvgIpc) is 1.57. The van der Waals surface area contributed by atoms with Crippen LogP contribution in [-0.4, -0.2) is 27.4 Å². The zero-order chi connectivity index (χ0) is 85.4. The van der Waals surface area contributed by atoms with Crippen molar-refractivity contribution in [3.05, 3.63) is 473 Å². The maximum atomic E-state index is 6.67. The molecule has 130 heavy (non-hydrogen) atoms. The van der Waals surface area contributed by atoms with Crippen LogP contribution in [0, 0.1) is 0 Å². The predicted molar refractivity (Wildman–Crippen MR) is 542 cm³/mol. The van der Waals surface area contributed by atoms with Crippen molar-refractivity contribution in [3.8, 4) is 113 Å². The van der Waals surface area contributed by atoms with E-state index in [1.165, 1.54) is 153 Å². The Morgan fingerprint density at radius 2 is 0.300 bits per heavy atom. The number of aromatic nitrogens is 6. The molecular formula is C122H78N6O2. The Bertz CT molecular complexity index is 8710. The number of rotatable bonds is 13. The molecule has 0 atom stereocenters. The van der Waals surface area contributed by atoms with Crippen LogP contribution >= 0.6 is 0 Å². The minimum atomic E-state index is 0.787. The maximum Gasteiger partial charge on any atom is 0.205 e. The molecule has 27 rings (SSSR count). The zero-order valence-corrected chi connectivity index (χ0v) is 70.5. The summed E-state index contributed by atoms with van der Waals surface area (Å²) < 4.78 is 27.2. The Morgan fingerprint density at radius 1 is 0.115 bits per heavy atom. The first-order valence-electron chi connectivity index (χ1n) is 44.4. The van der Waals surface area contributed by atoms with Gasteiger partial charge in [-0.05, 0) is 257 Å². The van der Waals surface area contributed by atoms with Gasteiger partial charge >= 0.3 is 0 Å². The van der Waals surface area contributed by atoms with E-state index in [2.05, 4.69) is 476 Å². The standard InChI is InChI=1S/C64H41N3O.C58H37N3O/c1-4-14-42(15-5-1)63-36-37-64(68-63)43-24-30-50(31-25-43)67-61-34-28-46(44-26-32-59-53(38-44)51-20-10-12-22-57(51)65(59)48-16-6-2-7-17-48)40-55(61)56-41-47(29-35-62(56)67)45-27-33-60-54(39-45)52-21-11-13-23-58(52)66(60)49-18-8-3-9-19-49;1-4-14-38(15-5-1)57-32-33-58(62-57)61-55-30-26-41(39-24-28-53-47(34-39)45-20-10-12-22-51(45)59(53)43-16-6-2-7-17-43)36-49(55)50-37-42(27-31-56(50)61)40-25-29-54-48(35-40)46-21-11-13-23-52(46)60(54)44-18-8-3-9-19-44/h1-41H;1-37H. The molecule has 27 aromatic rings. The molecule has 0 radical (unpaired) electrons. The molecule has 19 aromatic carbocycles. The Kier molecular flexibility index (Phi) is 17.2. The molecule has 0 saturated heterocycles. The molecular weight excluding hydrogens is 1580 g/mol. The summed E-state index contributed by atoms with van der Waals surface area (Å²) in [5.41, 5.74) is 32.4. The van der Waals surface area contributed by atoms with Gasteiger partial charge in [-0.15, -0.1) is 0 Å². The number of para-hydroxylation sites is 8. The molecule has 8 aromatic heterocycles. The second kappa shape index (κ2) is 30.2. The van der Waals surface area contributed by atoms with Crippen LogP contribution in [0.5, 0.6) is 0 Å². The monoisotopic (exact) mass is 1660 g/mol. The smallest absolute Gasteiger partial charge is 0.205 e. The van der Waals surface area contributed by atoms with E-state index in [-0.39, 0.29) is 0 Å². The Balaban J connectivity index is 0.000000137. The fourth-order valence-corrected chi connectivity index (χ4v) is 20.5. The van der Waals surface area contributed by atoms with E-state index < -0.39 is 0 Å². The van der Waals surface area contributed by atoms with Crippen molar-refractivity contribution in [3.63, 3.8) is 0 Å². The van der Waals surface area contributed by atoms with Crippen molar-refractivity contribution < 1.29 is 8.83 Å². The molecule has 0 fully saturated rings. The maximum absolute atomic E-state index is 6.67. The highest BCUT2D eigenvalue weighted by Gasteiger charge is 2.24. The van der Waals surface area contributed by atoms with Gasteiger partial charge in [0.1, 0.15) is 17.3 Å². The van der Waals surface area contributed by atoms with E-state index in [0.717, 1.165) is 90.4 Å². The number of nitrogens with zero attached hydrogens (tertiary/aromatic N) is 6. The van der Waals surface area contributed by atoms with E-state index in [1.807, 2.05) is 24.3 Å². The fraction of sp³-hybridized carbons (Fsp3) is 0. The average molecular weight is 1660 g/mol. The molecule has 0 saturated carbocycles. The summed E-state index contributed by atoms with van der Waals surface area (Å²) in [5.74, 6) is 3.34. The molecule has 0 spiro atoms. The first-order valence-corrected chi connectivity index (χ1v) is 44.4. The van der Waals surface area contributed by atoms with Gasteiger partial charge in [-0.3, -0.25) is 4.57 Å². The lowest BCUT2D eigenvalue weighted by molar-refractivity contribution is 0.560. The van der Waals surface area contributed by atoms with Crippen molar-refractivity contribution >= 4 is 131 Å². The largest absolute Gasteiger partial charge is 0.456 e. The van der Waals surface area contributed by atoms with Crippen LogP contribution in [0.4, 0.5) is 0 Å². The third kappa shape index (κ3) is 12.1. The van der Waals surface area contributed by atoms with Gasteiger partial charge in [0.15, 0.2) is 0 Å². The first kappa shape index (κ1) is 74.0. The zero-order valence-electron chi connectivity index (χ0n) is 70.5. The van der Waals surface area contributed by atoms with Crippen molar-refractivity contribution in [2.24, 2.45) is 0 Å². The summed E-state index contributed by atoms with van der Waals surface area (Å²) in [5, 5.41) is 14.7. The number of fused-ring (bicyclic) bond motifs is 18. The summed E-state index contributed by atoms with van der Waals surface area (Å²) in [6.45, 7) is 0. The minimum Gasteiger partial charge on any atom is -0.456 e. The second-order valence-corrected chi connectivity index (χ2v) is 33.9. The number of hydrogen-bond acceptors (Lipinski definition) is 2. The van der Waals surface area contributed by atoms with Gasteiger partial charge in [0.25, 0.3) is 0 Å². The van der Waals surface area contributed by atoms with Gasteiger partial charge in [0, 0.05) is 116 Å². The Labute approximate surface area is 748 Å². The topological polar surface area (TPSA) is 55.9 Å². The van der Waals surface area contributed by atoms with Crippen molar-refractivity contribution in [1.29, 1.82) is 0 Å². The van der Waals surface area contributed by atoms with Crippen LogP contribution in [-0.2, 0) is 0 Å². The van der Waals surface area contributed by atoms with Gasteiger partial charge < -0.3 is 31.7 Å². The van der Waals surface area contributed by atoms with Crippen LogP contribution < -0.4 is 0 Å². The van der Waals surface area contributed by atoms with E-state index in [1.54, 1.807) is 0 Å². The summed E-state index contributed by atoms with van der Waals surface area (Å²) in [6, 6.07) is 171. The van der Waals surface area contributed by atoms with E-state index in [4.69, 9.17) is 8.83 Å². The van der Waals surface area contributed by atoms with Crippen LogP contribution in [0.25, 0.3) is 244 Å². The highest BCUT2D eigenvalue weighted by molar-refractivity contribution is 6.18. The van der Waals surface area contributed by atoms with Crippen LogP contribution in [0.1, 0.15) is 0 Å². The molecule has 0 bridgehead atoms. The summed E-state index contributed by atoms with van der Waals surface area (Å²) in [4.78, 5) is 0. The molecule has 8 heteroatoms. The fourth-order valence-electron chi connectivity index (χ4n) is 20.5. The summed E-state index contributed by atoms with van der Waals surface area (Å²) in [6.07, 6.45) is 0. The van der Waals surface area contributed by atoms with Gasteiger partial charge in [0.05, 0.1) is 66.2 Å². The van der Waals surface area contributed by atoms with Crippen molar-refractivity contribution in [2.75, 3.05) is 0 Å². The molecule has 0 aliphatic carbocycles. The lowest BCUT2D eigenvalue weighted by atomic mass is 9.98.